The number of alkyl halides is 3. The van der Waals surface area contributed by atoms with E-state index in [1.54, 1.807) is 0 Å². The maximum Gasteiger partial charge on any atom is 0.411 e. The quantitative estimate of drug-likeness (QED) is 0.571. The van der Waals surface area contributed by atoms with E-state index in [9.17, 15) is 22.8 Å². The molecule has 0 spiro atoms. The van der Waals surface area contributed by atoms with E-state index in [0.29, 0.717) is 0 Å². The second kappa shape index (κ2) is 7.07. The molecule has 1 unspecified atom stereocenters. The van der Waals surface area contributed by atoms with Crippen LogP contribution in [0.25, 0.3) is 0 Å². The molecule has 9 heteroatoms. The number of hydrogen-bond donors (Lipinski definition) is 3. The lowest BCUT2D eigenvalue weighted by Gasteiger charge is -2.13. The summed E-state index contributed by atoms with van der Waals surface area (Å²) in [5, 5.41) is 4.39. The van der Waals surface area contributed by atoms with Gasteiger partial charge in [-0.1, -0.05) is 0 Å². The van der Waals surface area contributed by atoms with Gasteiger partial charge in [0, 0.05) is 6.54 Å². The number of nitrogens with two attached hydrogens (primary N) is 1. The molecule has 17 heavy (non-hydrogen) atoms. The molecule has 0 aromatic heterocycles. The third-order valence-corrected chi connectivity index (χ3v) is 1.60. The monoisotopic (exact) mass is 257 g/mol. The van der Waals surface area contributed by atoms with Crippen LogP contribution in [0, 0.1) is 0 Å². The summed E-state index contributed by atoms with van der Waals surface area (Å²) in [6.45, 7) is -0.0598. The van der Waals surface area contributed by atoms with Crippen LogP contribution in [-0.2, 0) is 9.53 Å². The SMILES string of the molecule is CC(NCCOCC(F)(F)F)C(=O)NC(N)=O. The lowest BCUT2D eigenvalue weighted by atomic mass is 10.3. The summed E-state index contributed by atoms with van der Waals surface area (Å²) in [7, 11) is 0. The van der Waals surface area contributed by atoms with Gasteiger partial charge in [-0.15, -0.1) is 0 Å². The molecule has 0 radical (unpaired) electrons. The topological polar surface area (TPSA) is 93.4 Å². The third-order valence-electron chi connectivity index (χ3n) is 1.60. The van der Waals surface area contributed by atoms with Crippen molar-refractivity contribution >= 4 is 11.9 Å². The van der Waals surface area contributed by atoms with E-state index in [4.69, 9.17) is 5.73 Å². The van der Waals surface area contributed by atoms with Crippen molar-refractivity contribution in [1.82, 2.24) is 10.6 Å². The molecular weight excluding hydrogens is 243 g/mol. The van der Waals surface area contributed by atoms with E-state index in [1.807, 2.05) is 5.32 Å². The summed E-state index contributed by atoms with van der Waals surface area (Å²) >= 11 is 0. The summed E-state index contributed by atoms with van der Waals surface area (Å²) in [5.41, 5.74) is 4.71. The minimum atomic E-state index is -4.37. The molecule has 0 aliphatic carbocycles. The van der Waals surface area contributed by atoms with Gasteiger partial charge in [-0.25, -0.2) is 4.79 Å². The maximum atomic E-state index is 11.7. The normalized spacial score (nSPS) is 13.2. The number of rotatable bonds is 6. The Morgan fingerprint density at radius 2 is 2.00 bits per heavy atom. The minimum absolute atomic E-state index is 0.0451. The van der Waals surface area contributed by atoms with E-state index >= 15 is 0 Å². The maximum absolute atomic E-state index is 11.7. The van der Waals surface area contributed by atoms with Gasteiger partial charge in [0.1, 0.15) is 6.61 Å². The fraction of sp³-hybridized carbons (Fsp3) is 0.750. The Kier molecular flexibility index (Phi) is 6.51. The fourth-order valence-corrected chi connectivity index (χ4v) is 0.858. The Labute approximate surface area is 95.7 Å². The number of carbonyl (C=O) groups is 2. The Bertz CT molecular complexity index is 270. The van der Waals surface area contributed by atoms with Gasteiger partial charge in [-0.2, -0.15) is 13.2 Å². The Hall–Kier alpha value is -1.35. The Morgan fingerprint density at radius 1 is 1.41 bits per heavy atom. The molecule has 0 fully saturated rings. The van der Waals surface area contributed by atoms with Gasteiger partial charge < -0.3 is 15.8 Å². The predicted octanol–water partition coefficient (Wildman–Crippen LogP) is -0.262. The van der Waals surface area contributed by atoms with Crippen molar-refractivity contribution in [3.05, 3.63) is 0 Å². The summed E-state index contributed by atoms with van der Waals surface area (Å²) < 4.78 is 39.3. The van der Waals surface area contributed by atoms with Crippen LogP contribution in [0.1, 0.15) is 6.92 Å². The standard InChI is InChI=1S/C8H14F3N3O3/c1-5(6(15)14-7(12)16)13-2-3-17-4-8(9,10)11/h5,13H,2-4H2,1H3,(H3,12,14,15,16). The first kappa shape index (κ1) is 15.7. The minimum Gasteiger partial charge on any atom is -0.371 e. The molecule has 3 amide bonds. The molecule has 0 saturated heterocycles. The van der Waals surface area contributed by atoms with Crippen molar-refractivity contribution in [1.29, 1.82) is 0 Å². The number of nitrogens with one attached hydrogen (secondary N) is 2. The van der Waals surface area contributed by atoms with E-state index in [-0.39, 0.29) is 13.2 Å². The van der Waals surface area contributed by atoms with Crippen molar-refractivity contribution in [2.45, 2.75) is 19.1 Å². The lowest BCUT2D eigenvalue weighted by molar-refractivity contribution is -0.173. The van der Waals surface area contributed by atoms with Crippen LogP contribution in [0.4, 0.5) is 18.0 Å². The van der Waals surface area contributed by atoms with Gasteiger partial charge in [-0.05, 0) is 6.92 Å². The van der Waals surface area contributed by atoms with Crippen LogP contribution in [0.5, 0.6) is 0 Å². The third kappa shape index (κ3) is 9.57. The molecule has 4 N–H and O–H groups in total. The molecular formula is C8H14F3N3O3. The summed E-state index contributed by atoms with van der Waals surface area (Å²) in [4.78, 5) is 21.4. The molecule has 1 atom stereocenters. The number of primary amides is 1. The van der Waals surface area contributed by atoms with Crippen LogP contribution in [0.15, 0.2) is 0 Å². The van der Waals surface area contributed by atoms with Crippen molar-refractivity contribution in [2.24, 2.45) is 5.73 Å². The Balaban J connectivity index is 3.61. The lowest BCUT2D eigenvalue weighted by Crippen LogP contribution is -2.47. The number of halogens is 3. The largest absolute Gasteiger partial charge is 0.411 e. The van der Waals surface area contributed by atoms with E-state index in [0.717, 1.165) is 0 Å². The van der Waals surface area contributed by atoms with Crippen molar-refractivity contribution in [2.75, 3.05) is 19.8 Å². The molecule has 6 nitrogen and oxygen atoms in total. The molecule has 0 aromatic rings. The molecule has 0 aliphatic heterocycles. The highest BCUT2D eigenvalue weighted by Crippen LogP contribution is 2.13. The highest BCUT2D eigenvalue weighted by molar-refractivity contribution is 5.96. The summed E-state index contributed by atoms with van der Waals surface area (Å²) in [6.07, 6.45) is -4.37. The average molecular weight is 257 g/mol. The van der Waals surface area contributed by atoms with E-state index < -0.39 is 30.8 Å². The fourth-order valence-electron chi connectivity index (χ4n) is 0.858. The number of ether oxygens (including phenoxy) is 1. The number of carbonyl (C=O) groups excluding carboxylic acids is 2. The molecule has 100 valence electrons. The van der Waals surface area contributed by atoms with E-state index in [1.165, 1.54) is 6.92 Å². The highest BCUT2D eigenvalue weighted by Gasteiger charge is 2.27. The van der Waals surface area contributed by atoms with Crippen LogP contribution < -0.4 is 16.4 Å². The zero-order valence-electron chi connectivity index (χ0n) is 9.13. The molecule has 0 heterocycles. The van der Waals surface area contributed by atoms with Gasteiger partial charge in [-0.3, -0.25) is 10.1 Å². The first-order chi connectivity index (χ1) is 7.72. The zero-order valence-corrected chi connectivity index (χ0v) is 9.13. The van der Waals surface area contributed by atoms with Crippen LogP contribution >= 0.6 is 0 Å². The second-order valence-electron chi connectivity index (χ2n) is 3.20. The van der Waals surface area contributed by atoms with Crippen molar-refractivity contribution in [3.8, 4) is 0 Å². The molecule has 0 bridgehead atoms. The highest BCUT2D eigenvalue weighted by atomic mass is 19.4. The van der Waals surface area contributed by atoms with E-state index in [2.05, 4.69) is 10.1 Å². The first-order valence-electron chi connectivity index (χ1n) is 4.70. The molecule has 0 saturated carbocycles. The molecule has 0 aliphatic rings. The summed E-state index contributed by atoms with van der Waals surface area (Å²) in [5.74, 6) is -0.659. The van der Waals surface area contributed by atoms with Crippen LogP contribution in [-0.4, -0.2) is 43.9 Å². The summed E-state index contributed by atoms with van der Waals surface area (Å²) in [6, 6.07) is -1.74. The van der Waals surface area contributed by atoms with Crippen LogP contribution in [0.3, 0.4) is 0 Å². The number of hydrogen-bond acceptors (Lipinski definition) is 4. The van der Waals surface area contributed by atoms with Gasteiger partial charge in [0.2, 0.25) is 5.91 Å². The van der Waals surface area contributed by atoms with Gasteiger partial charge in [0.05, 0.1) is 12.6 Å². The number of amides is 3. The smallest absolute Gasteiger partial charge is 0.371 e. The number of urea groups is 1. The Morgan fingerprint density at radius 3 is 2.47 bits per heavy atom. The molecule has 0 rings (SSSR count). The average Bonchev–Trinajstić information content (AvgIpc) is 2.13. The first-order valence-corrected chi connectivity index (χ1v) is 4.70. The predicted molar refractivity (Wildman–Crippen MR) is 52.1 cm³/mol. The van der Waals surface area contributed by atoms with Crippen molar-refractivity contribution < 1.29 is 27.5 Å². The second-order valence-corrected chi connectivity index (χ2v) is 3.20. The van der Waals surface area contributed by atoms with Gasteiger partial charge >= 0.3 is 12.2 Å². The van der Waals surface area contributed by atoms with Gasteiger partial charge in [0.15, 0.2) is 0 Å². The zero-order chi connectivity index (χ0) is 13.5. The van der Waals surface area contributed by atoms with Crippen LogP contribution in [0.2, 0.25) is 0 Å². The number of imide groups is 1. The van der Waals surface area contributed by atoms with Crippen molar-refractivity contribution in [3.63, 3.8) is 0 Å². The van der Waals surface area contributed by atoms with Gasteiger partial charge in [0.25, 0.3) is 0 Å². The molecule has 0 aromatic carbocycles.